The number of nitrogens with one attached hydrogen (secondary N) is 1. The van der Waals surface area contributed by atoms with E-state index >= 15 is 0 Å². The van der Waals surface area contributed by atoms with Crippen LogP contribution in [0.3, 0.4) is 0 Å². The van der Waals surface area contributed by atoms with Crippen molar-refractivity contribution in [1.82, 2.24) is 5.32 Å². The first-order valence-electron chi connectivity index (χ1n) is 22.9. The fraction of sp³-hybridized carbons (Fsp3) is 0.809. The van der Waals surface area contributed by atoms with Crippen LogP contribution in [0.2, 0.25) is 0 Å². The molecular formula is C47H85NO8. The summed E-state index contributed by atoms with van der Waals surface area (Å²) in [5.41, 5.74) is 0. The van der Waals surface area contributed by atoms with Gasteiger partial charge >= 0.3 is 0 Å². The van der Waals surface area contributed by atoms with Crippen LogP contribution < -0.4 is 5.32 Å². The van der Waals surface area contributed by atoms with Crippen LogP contribution in [0.5, 0.6) is 0 Å². The number of rotatable bonds is 37. The van der Waals surface area contributed by atoms with E-state index in [0.29, 0.717) is 6.42 Å². The van der Waals surface area contributed by atoms with Crippen molar-refractivity contribution in [3.05, 3.63) is 48.6 Å². The molecule has 1 aliphatic heterocycles. The minimum absolute atomic E-state index is 0.205. The maximum atomic E-state index is 12.9. The molecule has 0 aromatic rings. The molecule has 0 aromatic heterocycles. The second kappa shape index (κ2) is 37.4. The smallest absolute Gasteiger partial charge is 0.220 e. The van der Waals surface area contributed by atoms with Gasteiger partial charge < -0.3 is 40.3 Å². The molecule has 0 bridgehead atoms. The van der Waals surface area contributed by atoms with Gasteiger partial charge in [0, 0.05) is 6.42 Å². The average Bonchev–Trinajstić information content (AvgIpc) is 3.20. The molecule has 0 radical (unpaired) electrons. The standard InChI is InChI=1S/C47H85NO8/c1-3-5-7-9-11-13-15-16-17-18-19-20-21-22-23-24-25-26-27-28-30-32-34-36-41(50)40(39-55-47-46(54)45(53)44(52)42(38-49)56-47)48-43(51)37-35-33-31-29-14-12-10-8-6-4-2/h8,10,23-24,27-28,34,36,40-42,44-47,49-50,52-54H,3-7,9,11-22,25-26,29-33,35,37-39H2,1-2H3,(H,48,51)/b10-8-,24-23+,28-27+,36-34+. The Labute approximate surface area is 342 Å². The third kappa shape index (κ3) is 27.7. The average molecular weight is 792 g/mol. The number of ether oxygens (including phenoxy) is 2. The Morgan fingerprint density at radius 3 is 1.57 bits per heavy atom. The van der Waals surface area contributed by atoms with Gasteiger partial charge in [-0.05, 0) is 64.2 Å². The van der Waals surface area contributed by atoms with Crippen molar-refractivity contribution >= 4 is 5.91 Å². The van der Waals surface area contributed by atoms with Crippen molar-refractivity contribution in [3.63, 3.8) is 0 Å². The van der Waals surface area contributed by atoms with Crippen LogP contribution in [0.15, 0.2) is 48.6 Å². The Bertz CT molecular complexity index is 1010. The van der Waals surface area contributed by atoms with E-state index in [-0.39, 0.29) is 12.5 Å². The number of carbonyl (C=O) groups excluding carboxylic acids is 1. The van der Waals surface area contributed by atoms with Crippen molar-refractivity contribution in [1.29, 1.82) is 0 Å². The minimum Gasteiger partial charge on any atom is -0.394 e. The van der Waals surface area contributed by atoms with Crippen molar-refractivity contribution < 1.29 is 39.8 Å². The summed E-state index contributed by atoms with van der Waals surface area (Å²) in [6, 6.07) is -0.830. The van der Waals surface area contributed by atoms with Gasteiger partial charge in [-0.25, -0.2) is 0 Å². The van der Waals surface area contributed by atoms with E-state index in [0.717, 1.165) is 70.6 Å². The molecule has 1 aliphatic rings. The monoisotopic (exact) mass is 792 g/mol. The summed E-state index contributed by atoms with van der Waals surface area (Å²) in [4.78, 5) is 12.9. The quantitative estimate of drug-likeness (QED) is 0.0269. The second-order valence-corrected chi connectivity index (χ2v) is 15.8. The van der Waals surface area contributed by atoms with Gasteiger partial charge in [-0.1, -0.05) is 165 Å². The van der Waals surface area contributed by atoms with Gasteiger partial charge in [0.2, 0.25) is 5.91 Å². The van der Waals surface area contributed by atoms with E-state index in [1.807, 2.05) is 6.08 Å². The molecule has 0 aliphatic carbocycles. The molecule has 0 aromatic carbocycles. The lowest BCUT2D eigenvalue weighted by atomic mass is 9.99. The molecule has 7 unspecified atom stereocenters. The summed E-state index contributed by atoms with van der Waals surface area (Å²) in [6.45, 7) is 3.67. The highest BCUT2D eigenvalue weighted by molar-refractivity contribution is 5.76. The number of hydrogen-bond donors (Lipinski definition) is 6. The normalized spacial score (nSPS) is 21.6. The van der Waals surface area contributed by atoms with Crippen LogP contribution in [0, 0.1) is 0 Å². The molecule has 1 amide bonds. The largest absolute Gasteiger partial charge is 0.394 e. The summed E-state index contributed by atoms with van der Waals surface area (Å²) < 4.78 is 11.2. The fourth-order valence-corrected chi connectivity index (χ4v) is 6.89. The van der Waals surface area contributed by atoms with Crippen LogP contribution in [0.1, 0.15) is 187 Å². The first-order chi connectivity index (χ1) is 27.3. The molecule has 0 spiro atoms. The minimum atomic E-state index is -1.57. The van der Waals surface area contributed by atoms with E-state index in [2.05, 4.69) is 55.6 Å². The summed E-state index contributed by atoms with van der Waals surface area (Å²) in [5, 5.41) is 54.0. The zero-order chi connectivity index (χ0) is 40.9. The predicted octanol–water partition coefficient (Wildman–Crippen LogP) is 9.45. The van der Waals surface area contributed by atoms with Crippen molar-refractivity contribution in [2.75, 3.05) is 13.2 Å². The molecule has 7 atom stereocenters. The number of carbonyl (C=O) groups is 1. The molecule has 0 saturated carbocycles. The number of allylic oxidation sites excluding steroid dienone is 7. The van der Waals surface area contributed by atoms with Gasteiger partial charge in [-0.3, -0.25) is 4.79 Å². The van der Waals surface area contributed by atoms with Crippen molar-refractivity contribution in [2.45, 2.75) is 230 Å². The van der Waals surface area contributed by atoms with E-state index in [4.69, 9.17) is 9.47 Å². The molecule has 1 fully saturated rings. The SMILES string of the molecule is CCC/C=C\CCCCCCCC(=O)NC(COC1OC(CO)C(O)C(O)C1O)C(O)/C=C/CC/C=C/CC/C=C/CCCCCCCCCCCCCCC. The van der Waals surface area contributed by atoms with Crippen LogP contribution in [0.25, 0.3) is 0 Å². The Hall–Kier alpha value is -1.85. The van der Waals surface area contributed by atoms with Gasteiger partial charge in [0.05, 0.1) is 25.4 Å². The molecule has 1 saturated heterocycles. The number of hydrogen-bond acceptors (Lipinski definition) is 8. The van der Waals surface area contributed by atoms with E-state index in [1.165, 1.54) is 96.3 Å². The Balaban J connectivity index is 2.35. The van der Waals surface area contributed by atoms with Crippen LogP contribution in [-0.4, -0.2) is 87.5 Å². The van der Waals surface area contributed by atoms with Gasteiger partial charge in [0.25, 0.3) is 0 Å². The highest BCUT2D eigenvalue weighted by atomic mass is 16.7. The summed E-state index contributed by atoms with van der Waals surface area (Å²) in [5.74, 6) is -0.205. The van der Waals surface area contributed by atoms with Crippen LogP contribution >= 0.6 is 0 Å². The van der Waals surface area contributed by atoms with E-state index < -0.39 is 49.5 Å². The molecule has 6 N–H and O–H groups in total. The lowest BCUT2D eigenvalue weighted by Crippen LogP contribution is -2.60. The highest BCUT2D eigenvalue weighted by Gasteiger charge is 2.44. The van der Waals surface area contributed by atoms with Crippen LogP contribution in [0.4, 0.5) is 0 Å². The second-order valence-electron chi connectivity index (χ2n) is 15.8. The molecule has 326 valence electrons. The lowest BCUT2D eigenvalue weighted by Gasteiger charge is -2.40. The van der Waals surface area contributed by atoms with Crippen molar-refractivity contribution in [2.24, 2.45) is 0 Å². The maximum Gasteiger partial charge on any atom is 0.220 e. The third-order valence-corrected chi connectivity index (χ3v) is 10.6. The van der Waals surface area contributed by atoms with Gasteiger partial charge in [-0.15, -0.1) is 0 Å². The van der Waals surface area contributed by atoms with Gasteiger partial charge in [0.15, 0.2) is 6.29 Å². The summed E-state index contributed by atoms with van der Waals surface area (Å²) in [6.07, 6.45) is 40.3. The van der Waals surface area contributed by atoms with Gasteiger partial charge in [-0.2, -0.15) is 0 Å². The van der Waals surface area contributed by atoms with E-state index in [1.54, 1.807) is 6.08 Å². The molecular weight excluding hydrogens is 707 g/mol. The molecule has 9 heteroatoms. The Kier molecular flexibility index (Phi) is 34.9. The van der Waals surface area contributed by atoms with E-state index in [9.17, 15) is 30.3 Å². The van der Waals surface area contributed by atoms with Gasteiger partial charge in [0.1, 0.15) is 24.4 Å². The molecule has 9 nitrogen and oxygen atoms in total. The molecule has 1 rings (SSSR count). The lowest BCUT2D eigenvalue weighted by molar-refractivity contribution is -0.302. The predicted molar refractivity (Wildman–Crippen MR) is 230 cm³/mol. The number of unbranched alkanes of at least 4 members (excludes halogenated alkanes) is 21. The topological polar surface area (TPSA) is 149 Å². The zero-order valence-corrected chi connectivity index (χ0v) is 35.6. The number of aliphatic hydroxyl groups is 5. The van der Waals surface area contributed by atoms with Crippen LogP contribution in [-0.2, 0) is 14.3 Å². The summed E-state index contributed by atoms with van der Waals surface area (Å²) in [7, 11) is 0. The highest BCUT2D eigenvalue weighted by Crippen LogP contribution is 2.22. The Morgan fingerprint density at radius 2 is 1.05 bits per heavy atom. The maximum absolute atomic E-state index is 12.9. The molecule has 56 heavy (non-hydrogen) atoms. The third-order valence-electron chi connectivity index (χ3n) is 10.6. The first kappa shape index (κ1) is 52.2. The molecule has 1 heterocycles. The first-order valence-corrected chi connectivity index (χ1v) is 22.9. The Morgan fingerprint density at radius 1 is 0.589 bits per heavy atom. The summed E-state index contributed by atoms with van der Waals surface area (Å²) >= 11 is 0. The zero-order valence-electron chi connectivity index (χ0n) is 35.6. The number of amides is 1. The number of aliphatic hydroxyl groups excluding tert-OH is 5. The fourth-order valence-electron chi connectivity index (χ4n) is 6.89. The van der Waals surface area contributed by atoms with Crippen molar-refractivity contribution in [3.8, 4) is 0 Å².